The van der Waals surface area contributed by atoms with E-state index in [9.17, 15) is 9.18 Å². The first-order chi connectivity index (χ1) is 8.72. The maximum absolute atomic E-state index is 13.7. The second-order valence-electron chi connectivity index (χ2n) is 4.35. The van der Waals surface area contributed by atoms with Crippen LogP contribution in [-0.2, 0) is 0 Å². The number of halogens is 2. The normalized spacial score (nSPS) is 14.8. The number of benzene rings is 1. The largest absolute Gasteiger partial charge is 0.298 e. The topological polar surface area (TPSA) is 34.9 Å². The summed E-state index contributed by atoms with van der Waals surface area (Å²) < 4.78 is 15.0. The first kappa shape index (κ1) is 11.4. The first-order valence-corrected chi connectivity index (χ1v) is 6.08. The van der Waals surface area contributed by atoms with Gasteiger partial charge in [0, 0.05) is 5.92 Å². The van der Waals surface area contributed by atoms with Crippen LogP contribution in [0.4, 0.5) is 4.39 Å². The van der Waals surface area contributed by atoms with E-state index < -0.39 is 5.82 Å². The second-order valence-corrected chi connectivity index (χ2v) is 4.70. The smallest absolute Gasteiger partial charge is 0.155 e. The molecule has 1 aliphatic rings. The van der Waals surface area contributed by atoms with Crippen molar-refractivity contribution in [2.24, 2.45) is 0 Å². The minimum absolute atomic E-state index is 0.178. The van der Waals surface area contributed by atoms with E-state index in [0.717, 1.165) is 12.8 Å². The summed E-state index contributed by atoms with van der Waals surface area (Å²) in [6, 6.07) is 6.22. The van der Waals surface area contributed by atoms with Gasteiger partial charge < -0.3 is 0 Å². The van der Waals surface area contributed by atoms with Gasteiger partial charge in [-0.2, -0.15) is 5.10 Å². The van der Waals surface area contributed by atoms with E-state index in [0.29, 0.717) is 17.5 Å². The van der Waals surface area contributed by atoms with Crippen LogP contribution in [0.1, 0.15) is 34.8 Å². The van der Waals surface area contributed by atoms with Crippen molar-refractivity contribution in [1.29, 1.82) is 0 Å². The molecule has 1 aliphatic carbocycles. The number of carbonyl (C=O) groups excluding carboxylic acids is 1. The molecule has 0 N–H and O–H groups in total. The van der Waals surface area contributed by atoms with E-state index in [4.69, 9.17) is 11.6 Å². The summed E-state index contributed by atoms with van der Waals surface area (Å²) in [5.41, 5.74) is 1.32. The van der Waals surface area contributed by atoms with Crippen LogP contribution in [0.5, 0.6) is 0 Å². The predicted octanol–water partition coefficient (Wildman–Crippen LogP) is 3.35. The summed E-state index contributed by atoms with van der Waals surface area (Å²) in [6.45, 7) is 0. The van der Waals surface area contributed by atoms with Gasteiger partial charge in [-0.25, -0.2) is 9.07 Å². The Kier molecular flexibility index (Phi) is 2.67. The molecule has 18 heavy (non-hydrogen) atoms. The highest BCUT2D eigenvalue weighted by Crippen LogP contribution is 2.42. The van der Waals surface area contributed by atoms with Crippen molar-refractivity contribution >= 4 is 17.9 Å². The van der Waals surface area contributed by atoms with E-state index >= 15 is 0 Å². The lowest BCUT2D eigenvalue weighted by atomic mass is 10.2. The summed E-state index contributed by atoms with van der Waals surface area (Å²) in [7, 11) is 0. The van der Waals surface area contributed by atoms with E-state index in [-0.39, 0.29) is 16.8 Å². The van der Waals surface area contributed by atoms with Gasteiger partial charge >= 0.3 is 0 Å². The summed E-state index contributed by atoms with van der Waals surface area (Å²) in [5, 5.41) is 4.46. The Hall–Kier alpha value is -1.68. The minimum atomic E-state index is -0.415. The highest BCUT2D eigenvalue weighted by atomic mass is 35.5. The molecule has 1 fully saturated rings. The molecule has 0 aliphatic heterocycles. The Bertz CT molecular complexity index is 619. The number of carbonyl (C=O) groups is 1. The molecule has 2 aromatic rings. The third kappa shape index (κ3) is 1.73. The van der Waals surface area contributed by atoms with E-state index in [1.165, 1.54) is 10.7 Å². The maximum Gasteiger partial charge on any atom is 0.155 e. The van der Waals surface area contributed by atoms with Gasteiger partial charge in [0.1, 0.15) is 16.7 Å². The average Bonchev–Trinajstić information content (AvgIpc) is 3.15. The van der Waals surface area contributed by atoms with Crippen molar-refractivity contribution in [2.45, 2.75) is 18.8 Å². The quantitative estimate of drug-likeness (QED) is 0.797. The van der Waals surface area contributed by atoms with Crippen LogP contribution in [0.15, 0.2) is 24.3 Å². The lowest BCUT2D eigenvalue weighted by Gasteiger charge is -2.03. The number of hydrogen-bond acceptors (Lipinski definition) is 2. The highest BCUT2D eigenvalue weighted by molar-refractivity contribution is 6.32. The van der Waals surface area contributed by atoms with Gasteiger partial charge in [-0.15, -0.1) is 0 Å². The number of rotatable bonds is 3. The Morgan fingerprint density at radius 3 is 2.72 bits per heavy atom. The standard InChI is InChI=1S/C13H10ClFN2O/c14-13-9(7-18)12(8-5-6-8)16-17(13)11-4-2-1-3-10(11)15/h1-4,7-8H,5-6H2. The zero-order valence-electron chi connectivity index (χ0n) is 9.44. The van der Waals surface area contributed by atoms with Crippen LogP contribution in [-0.4, -0.2) is 16.1 Å². The zero-order chi connectivity index (χ0) is 12.7. The lowest BCUT2D eigenvalue weighted by molar-refractivity contribution is 0.112. The van der Waals surface area contributed by atoms with Gasteiger partial charge in [0.2, 0.25) is 0 Å². The Labute approximate surface area is 108 Å². The molecule has 1 saturated carbocycles. The number of para-hydroxylation sites is 1. The molecular weight excluding hydrogens is 255 g/mol. The van der Waals surface area contributed by atoms with E-state index in [2.05, 4.69) is 5.10 Å². The minimum Gasteiger partial charge on any atom is -0.298 e. The SMILES string of the molecule is O=Cc1c(C2CC2)nn(-c2ccccc2F)c1Cl. The molecule has 0 spiro atoms. The fraction of sp³-hybridized carbons (Fsp3) is 0.231. The molecular formula is C13H10ClFN2O. The fourth-order valence-electron chi connectivity index (χ4n) is 1.98. The van der Waals surface area contributed by atoms with Crippen molar-refractivity contribution in [3.63, 3.8) is 0 Å². The molecule has 3 rings (SSSR count). The third-order valence-electron chi connectivity index (χ3n) is 3.05. The molecule has 0 radical (unpaired) electrons. The highest BCUT2D eigenvalue weighted by Gasteiger charge is 2.31. The Morgan fingerprint density at radius 2 is 2.11 bits per heavy atom. The molecule has 1 heterocycles. The maximum atomic E-state index is 13.7. The van der Waals surface area contributed by atoms with Crippen LogP contribution < -0.4 is 0 Å². The van der Waals surface area contributed by atoms with Crippen LogP contribution in [0.3, 0.4) is 0 Å². The van der Waals surface area contributed by atoms with Crippen molar-refractivity contribution in [2.75, 3.05) is 0 Å². The predicted molar refractivity (Wildman–Crippen MR) is 65.9 cm³/mol. The molecule has 0 atom stereocenters. The summed E-state index contributed by atoms with van der Waals surface area (Å²) in [5.74, 6) is -0.127. The number of aldehydes is 1. The Morgan fingerprint density at radius 1 is 1.39 bits per heavy atom. The molecule has 1 aromatic heterocycles. The molecule has 1 aromatic carbocycles. The van der Waals surface area contributed by atoms with Crippen molar-refractivity contribution < 1.29 is 9.18 Å². The van der Waals surface area contributed by atoms with E-state index in [1.807, 2.05) is 0 Å². The molecule has 0 bridgehead atoms. The van der Waals surface area contributed by atoms with Crippen LogP contribution >= 0.6 is 11.6 Å². The number of aromatic nitrogens is 2. The molecule has 92 valence electrons. The summed E-state index contributed by atoms with van der Waals surface area (Å²) >= 11 is 6.11. The van der Waals surface area contributed by atoms with Crippen molar-refractivity contribution in [3.8, 4) is 5.69 Å². The van der Waals surface area contributed by atoms with Crippen molar-refractivity contribution in [1.82, 2.24) is 9.78 Å². The zero-order valence-corrected chi connectivity index (χ0v) is 10.2. The number of hydrogen-bond donors (Lipinski definition) is 0. The lowest BCUT2D eigenvalue weighted by Crippen LogP contribution is -2.00. The fourth-order valence-corrected chi connectivity index (χ4v) is 2.25. The number of nitrogens with zero attached hydrogens (tertiary/aromatic N) is 2. The summed E-state index contributed by atoms with van der Waals surface area (Å²) in [6.07, 6.45) is 2.71. The van der Waals surface area contributed by atoms with Crippen molar-refractivity contribution in [3.05, 3.63) is 46.5 Å². The molecule has 0 unspecified atom stereocenters. The average molecular weight is 265 g/mol. The summed E-state index contributed by atoms with van der Waals surface area (Å²) in [4.78, 5) is 11.1. The molecule has 0 saturated heterocycles. The van der Waals surface area contributed by atoms with Gasteiger partial charge in [0.25, 0.3) is 0 Å². The van der Waals surface area contributed by atoms with Gasteiger partial charge in [0.05, 0.1) is 11.3 Å². The van der Waals surface area contributed by atoms with Gasteiger partial charge in [-0.3, -0.25) is 4.79 Å². The second kappa shape index (κ2) is 4.21. The van der Waals surface area contributed by atoms with Gasteiger partial charge in [-0.1, -0.05) is 23.7 Å². The van der Waals surface area contributed by atoms with Crippen LogP contribution in [0.25, 0.3) is 5.69 Å². The third-order valence-corrected chi connectivity index (χ3v) is 3.42. The van der Waals surface area contributed by atoms with Gasteiger partial charge in [-0.05, 0) is 25.0 Å². The first-order valence-electron chi connectivity index (χ1n) is 5.71. The van der Waals surface area contributed by atoms with Gasteiger partial charge in [0.15, 0.2) is 6.29 Å². The Balaban J connectivity index is 2.18. The molecule has 5 heteroatoms. The van der Waals surface area contributed by atoms with Crippen LogP contribution in [0, 0.1) is 5.82 Å². The van der Waals surface area contributed by atoms with E-state index in [1.54, 1.807) is 18.2 Å². The molecule has 3 nitrogen and oxygen atoms in total. The van der Waals surface area contributed by atoms with Crippen LogP contribution in [0.2, 0.25) is 5.15 Å². The molecule has 0 amide bonds. The monoisotopic (exact) mass is 264 g/mol.